The molecule has 0 aliphatic heterocycles. The number of aromatic nitrogens is 2. The standard InChI is InChI=1S/C30H36N4O3/c1-20-15-21(2)31-27(16-20)23(4)33-35-18-30(5,6)19-36-34-26-14-10-13-25-28(17-22(3)32-29(25)26)37-24-11-8-7-9-12-24/h7-9,11-12,15-17H,10,13-14,18-19H2,1-6H3. The maximum atomic E-state index is 6.20. The summed E-state index contributed by atoms with van der Waals surface area (Å²) in [5.74, 6) is 1.64. The third-order valence-electron chi connectivity index (χ3n) is 6.05. The number of oxime groups is 2. The Balaban J connectivity index is 1.40. The quantitative estimate of drug-likeness (QED) is 0.241. The molecule has 0 amide bonds. The predicted molar refractivity (Wildman–Crippen MR) is 147 cm³/mol. The summed E-state index contributed by atoms with van der Waals surface area (Å²) in [6.45, 7) is 12.8. The number of para-hydroxylation sites is 1. The molecule has 37 heavy (non-hydrogen) atoms. The number of rotatable bonds is 9. The van der Waals surface area contributed by atoms with Crippen LogP contribution in [0.1, 0.15) is 67.5 Å². The first kappa shape index (κ1) is 26.3. The summed E-state index contributed by atoms with van der Waals surface area (Å²) >= 11 is 0. The molecule has 2 heterocycles. The Hall–Kier alpha value is -3.74. The lowest BCUT2D eigenvalue weighted by molar-refractivity contribution is -0.000160. The van der Waals surface area contributed by atoms with Gasteiger partial charge in [-0.15, -0.1) is 0 Å². The maximum absolute atomic E-state index is 6.20. The van der Waals surface area contributed by atoms with Crippen molar-refractivity contribution in [1.82, 2.24) is 9.97 Å². The van der Waals surface area contributed by atoms with Crippen LogP contribution in [-0.2, 0) is 16.1 Å². The van der Waals surface area contributed by atoms with Gasteiger partial charge in [-0.05, 0) is 76.8 Å². The average Bonchev–Trinajstić information content (AvgIpc) is 2.84. The molecule has 0 bridgehead atoms. The molecule has 0 unspecified atom stereocenters. The van der Waals surface area contributed by atoms with Crippen molar-refractivity contribution in [2.24, 2.45) is 15.7 Å². The van der Waals surface area contributed by atoms with Crippen molar-refractivity contribution >= 4 is 11.4 Å². The van der Waals surface area contributed by atoms with Crippen LogP contribution >= 0.6 is 0 Å². The van der Waals surface area contributed by atoms with Crippen molar-refractivity contribution in [3.63, 3.8) is 0 Å². The highest BCUT2D eigenvalue weighted by Gasteiger charge is 2.24. The zero-order valence-electron chi connectivity index (χ0n) is 22.7. The van der Waals surface area contributed by atoms with Gasteiger partial charge in [0, 0.05) is 28.4 Å². The molecule has 2 aromatic heterocycles. The van der Waals surface area contributed by atoms with Gasteiger partial charge in [-0.3, -0.25) is 9.97 Å². The summed E-state index contributed by atoms with van der Waals surface area (Å²) in [7, 11) is 0. The number of nitrogens with zero attached hydrogens (tertiary/aromatic N) is 4. The summed E-state index contributed by atoms with van der Waals surface area (Å²) < 4.78 is 6.20. The number of hydrogen-bond acceptors (Lipinski definition) is 7. The van der Waals surface area contributed by atoms with Gasteiger partial charge in [-0.1, -0.05) is 42.4 Å². The number of ether oxygens (including phenoxy) is 1. The van der Waals surface area contributed by atoms with Crippen LogP contribution in [-0.4, -0.2) is 34.6 Å². The molecule has 1 aromatic carbocycles. The molecule has 7 nitrogen and oxygen atoms in total. The molecule has 0 fully saturated rings. The summed E-state index contributed by atoms with van der Waals surface area (Å²) in [6.07, 6.45) is 2.69. The lowest BCUT2D eigenvalue weighted by Crippen LogP contribution is -2.25. The maximum Gasteiger partial charge on any atom is 0.134 e. The van der Waals surface area contributed by atoms with E-state index in [-0.39, 0.29) is 5.41 Å². The Kier molecular flexibility index (Phi) is 8.21. The number of benzene rings is 1. The topological polar surface area (TPSA) is 78.2 Å². The highest BCUT2D eigenvalue weighted by Crippen LogP contribution is 2.33. The van der Waals surface area contributed by atoms with Crippen molar-refractivity contribution < 1.29 is 14.4 Å². The van der Waals surface area contributed by atoms with Gasteiger partial charge in [-0.25, -0.2) is 0 Å². The molecule has 7 heteroatoms. The minimum Gasteiger partial charge on any atom is -0.457 e. The van der Waals surface area contributed by atoms with Gasteiger partial charge >= 0.3 is 0 Å². The predicted octanol–water partition coefficient (Wildman–Crippen LogP) is 6.72. The Labute approximate surface area is 219 Å². The van der Waals surface area contributed by atoms with Crippen molar-refractivity contribution in [3.05, 3.63) is 82.4 Å². The minimum atomic E-state index is -0.289. The second-order valence-corrected chi connectivity index (χ2v) is 10.5. The third-order valence-corrected chi connectivity index (χ3v) is 6.05. The van der Waals surface area contributed by atoms with E-state index in [0.717, 1.165) is 76.1 Å². The van der Waals surface area contributed by atoms with Gasteiger partial charge in [0.25, 0.3) is 0 Å². The Morgan fingerprint density at radius 1 is 0.919 bits per heavy atom. The van der Waals surface area contributed by atoms with E-state index in [9.17, 15) is 0 Å². The Morgan fingerprint density at radius 3 is 2.41 bits per heavy atom. The van der Waals surface area contributed by atoms with Crippen LogP contribution in [0.3, 0.4) is 0 Å². The van der Waals surface area contributed by atoms with E-state index in [0.29, 0.717) is 13.2 Å². The van der Waals surface area contributed by atoms with E-state index < -0.39 is 0 Å². The molecule has 194 valence electrons. The van der Waals surface area contributed by atoms with Crippen LogP contribution in [0.2, 0.25) is 0 Å². The first-order valence-electron chi connectivity index (χ1n) is 12.7. The second-order valence-electron chi connectivity index (χ2n) is 10.5. The molecule has 1 aliphatic carbocycles. The molecular weight excluding hydrogens is 464 g/mol. The molecule has 4 rings (SSSR count). The number of aryl methyl sites for hydroxylation is 3. The van der Waals surface area contributed by atoms with Gasteiger partial charge in [-0.2, -0.15) is 0 Å². The lowest BCUT2D eigenvalue weighted by atomic mass is 9.93. The van der Waals surface area contributed by atoms with Crippen LogP contribution in [0.4, 0.5) is 0 Å². The van der Waals surface area contributed by atoms with Gasteiger partial charge in [0.15, 0.2) is 0 Å². The fraction of sp³-hybridized carbons (Fsp3) is 0.400. The third kappa shape index (κ3) is 7.15. The number of pyridine rings is 2. The SMILES string of the molecule is CC(=NOCC(C)(C)CON=C1CCCc2c(Oc3ccccc3)cc(C)nc21)c1cc(C)cc(C)n1. The Bertz CT molecular complexity index is 1280. The van der Waals surface area contributed by atoms with Crippen molar-refractivity contribution in [1.29, 1.82) is 0 Å². The lowest BCUT2D eigenvalue weighted by Gasteiger charge is -2.23. The summed E-state index contributed by atoms with van der Waals surface area (Å²) in [4.78, 5) is 20.8. The van der Waals surface area contributed by atoms with Crippen LogP contribution in [0.5, 0.6) is 11.5 Å². The van der Waals surface area contributed by atoms with Gasteiger partial charge < -0.3 is 14.4 Å². The molecule has 0 spiro atoms. The second kappa shape index (κ2) is 11.5. The number of fused-ring (bicyclic) bond motifs is 1. The number of hydrogen-bond donors (Lipinski definition) is 0. The smallest absolute Gasteiger partial charge is 0.134 e. The first-order valence-corrected chi connectivity index (χ1v) is 12.7. The highest BCUT2D eigenvalue weighted by molar-refractivity contribution is 6.01. The largest absolute Gasteiger partial charge is 0.457 e. The molecule has 0 radical (unpaired) electrons. The minimum absolute atomic E-state index is 0.289. The van der Waals surface area contributed by atoms with E-state index in [1.54, 1.807) is 0 Å². The molecule has 0 N–H and O–H groups in total. The molecular formula is C30H36N4O3. The summed E-state index contributed by atoms with van der Waals surface area (Å²) in [6, 6.07) is 15.9. The first-order chi connectivity index (χ1) is 17.7. The van der Waals surface area contributed by atoms with Crippen molar-refractivity contribution in [2.75, 3.05) is 13.2 Å². The van der Waals surface area contributed by atoms with Gasteiger partial charge in [0.2, 0.25) is 0 Å². The van der Waals surface area contributed by atoms with E-state index in [1.807, 2.05) is 76.2 Å². The molecule has 0 saturated carbocycles. The highest BCUT2D eigenvalue weighted by atomic mass is 16.6. The zero-order valence-corrected chi connectivity index (χ0v) is 22.7. The summed E-state index contributed by atoms with van der Waals surface area (Å²) in [5.41, 5.74) is 7.09. The fourth-order valence-electron chi connectivity index (χ4n) is 4.20. The van der Waals surface area contributed by atoms with E-state index in [4.69, 9.17) is 19.4 Å². The summed E-state index contributed by atoms with van der Waals surface area (Å²) in [5, 5.41) is 8.79. The van der Waals surface area contributed by atoms with E-state index >= 15 is 0 Å². The normalized spacial score (nSPS) is 14.9. The van der Waals surface area contributed by atoms with Crippen LogP contribution in [0.25, 0.3) is 0 Å². The molecule has 1 aliphatic rings. The van der Waals surface area contributed by atoms with Crippen LogP contribution < -0.4 is 4.74 Å². The van der Waals surface area contributed by atoms with Gasteiger partial charge in [0.1, 0.15) is 36.1 Å². The Morgan fingerprint density at radius 2 is 1.65 bits per heavy atom. The molecule has 3 aromatic rings. The fourth-order valence-corrected chi connectivity index (χ4v) is 4.20. The van der Waals surface area contributed by atoms with Crippen LogP contribution in [0.15, 0.2) is 58.8 Å². The van der Waals surface area contributed by atoms with E-state index in [1.165, 1.54) is 0 Å². The molecule has 0 saturated heterocycles. The van der Waals surface area contributed by atoms with E-state index in [2.05, 4.69) is 29.1 Å². The van der Waals surface area contributed by atoms with Gasteiger partial charge in [0.05, 0.1) is 11.4 Å². The monoisotopic (exact) mass is 500 g/mol. The zero-order chi connectivity index (χ0) is 26.4. The van der Waals surface area contributed by atoms with Crippen LogP contribution in [0, 0.1) is 26.2 Å². The average molecular weight is 501 g/mol. The van der Waals surface area contributed by atoms with Crippen molar-refractivity contribution in [2.45, 2.75) is 60.8 Å². The van der Waals surface area contributed by atoms with Crippen molar-refractivity contribution in [3.8, 4) is 11.5 Å². The molecule has 0 atom stereocenters.